The molecule has 0 N–H and O–H groups in total. The van der Waals surface area contributed by atoms with E-state index in [1.807, 2.05) is 87.5 Å². The second kappa shape index (κ2) is 8.25. The summed E-state index contributed by atoms with van der Waals surface area (Å²) in [5.74, 6) is 1.26. The molecule has 1 unspecified atom stereocenters. The van der Waals surface area contributed by atoms with Gasteiger partial charge in [0.1, 0.15) is 17.2 Å². The SMILES string of the molecule is Cc1ccc(OP(=O)(Oc2cc(C)cc(C)c2)Oc2ccc3ccccc3c2)cc1. The first-order valence-electron chi connectivity index (χ1n) is 9.71. The van der Waals surface area contributed by atoms with Crippen LogP contribution < -0.4 is 13.6 Å². The summed E-state index contributed by atoms with van der Waals surface area (Å²) in [4.78, 5) is 0. The lowest BCUT2D eigenvalue weighted by atomic mass is 10.1. The van der Waals surface area contributed by atoms with E-state index in [4.69, 9.17) is 13.6 Å². The Morgan fingerprint density at radius 2 is 1.10 bits per heavy atom. The fourth-order valence-electron chi connectivity index (χ4n) is 3.25. The van der Waals surface area contributed by atoms with Crippen molar-refractivity contribution in [1.82, 2.24) is 0 Å². The van der Waals surface area contributed by atoms with E-state index >= 15 is 0 Å². The minimum absolute atomic E-state index is 0.411. The van der Waals surface area contributed by atoms with Crippen LogP contribution in [0.25, 0.3) is 10.8 Å². The molecule has 4 aromatic carbocycles. The third-order valence-electron chi connectivity index (χ3n) is 4.59. The quantitative estimate of drug-likeness (QED) is 0.306. The molecular weight excluding hydrogens is 395 g/mol. The first-order valence-corrected chi connectivity index (χ1v) is 11.2. The van der Waals surface area contributed by atoms with Crippen LogP contribution in [0.2, 0.25) is 0 Å². The normalized spacial score (nSPS) is 12.9. The zero-order chi connectivity index (χ0) is 21.1. The van der Waals surface area contributed by atoms with Crippen molar-refractivity contribution in [1.29, 1.82) is 0 Å². The Bertz CT molecular complexity index is 1210. The summed E-state index contributed by atoms with van der Waals surface area (Å²) in [6.45, 7) is 5.88. The average Bonchev–Trinajstić information content (AvgIpc) is 2.68. The third kappa shape index (κ3) is 4.84. The van der Waals surface area contributed by atoms with Gasteiger partial charge in [0.15, 0.2) is 0 Å². The van der Waals surface area contributed by atoms with E-state index < -0.39 is 7.82 Å². The van der Waals surface area contributed by atoms with Crippen molar-refractivity contribution in [3.63, 3.8) is 0 Å². The van der Waals surface area contributed by atoms with Gasteiger partial charge in [0.25, 0.3) is 0 Å². The van der Waals surface area contributed by atoms with Gasteiger partial charge in [-0.05, 0) is 79.1 Å². The molecule has 0 heterocycles. The van der Waals surface area contributed by atoms with Crippen molar-refractivity contribution in [2.45, 2.75) is 20.8 Å². The Kier molecular flexibility index (Phi) is 5.52. The molecule has 30 heavy (non-hydrogen) atoms. The van der Waals surface area contributed by atoms with Crippen LogP contribution in [-0.4, -0.2) is 0 Å². The highest BCUT2D eigenvalue weighted by Gasteiger charge is 2.33. The van der Waals surface area contributed by atoms with Gasteiger partial charge in [-0.2, -0.15) is 4.57 Å². The minimum atomic E-state index is -4.02. The van der Waals surface area contributed by atoms with E-state index in [1.54, 1.807) is 18.2 Å². The molecule has 0 aliphatic rings. The molecule has 0 aliphatic carbocycles. The van der Waals surface area contributed by atoms with E-state index in [-0.39, 0.29) is 0 Å². The smallest absolute Gasteiger partial charge is 0.386 e. The Hall–Kier alpha value is -3.23. The van der Waals surface area contributed by atoms with Gasteiger partial charge in [0.2, 0.25) is 0 Å². The van der Waals surface area contributed by atoms with Crippen molar-refractivity contribution in [2.75, 3.05) is 0 Å². The highest BCUT2D eigenvalue weighted by atomic mass is 31.2. The second-order valence-corrected chi connectivity index (χ2v) is 8.81. The predicted octanol–water partition coefficient (Wildman–Crippen LogP) is 7.41. The highest BCUT2D eigenvalue weighted by Crippen LogP contribution is 2.50. The number of hydrogen-bond acceptors (Lipinski definition) is 4. The van der Waals surface area contributed by atoms with E-state index in [9.17, 15) is 4.57 Å². The van der Waals surface area contributed by atoms with Crippen LogP contribution in [0.3, 0.4) is 0 Å². The fourth-order valence-corrected chi connectivity index (χ4v) is 4.48. The molecule has 0 amide bonds. The van der Waals surface area contributed by atoms with Crippen molar-refractivity contribution in [3.05, 3.63) is 102 Å². The van der Waals surface area contributed by atoms with Gasteiger partial charge in [0, 0.05) is 0 Å². The summed E-state index contributed by atoms with van der Waals surface area (Å²) in [6, 6.07) is 26.3. The van der Waals surface area contributed by atoms with Crippen LogP contribution in [0.5, 0.6) is 17.2 Å². The molecule has 0 bridgehead atoms. The van der Waals surface area contributed by atoms with Gasteiger partial charge in [-0.1, -0.05) is 54.1 Å². The summed E-state index contributed by atoms with van der Waals surface area (Å²) in [5.41, 5.74) is 3.07. The first kappa shape index (κ1) is 20.1. The lowest BCUT2D eigenvalue weighted by molar-refractivity contribution is 0.298. The van der Waals surface area contributed by atoms with Gasteiger partial charge in [0.05, 0.1) is 0 Å². The summed E-state index contributed by atoms with van der Waals surface area (Å²) in [6.07, 6.45) is 0. The molecule has 152 valence electrons. The molecule has 0 aromatic heterocycles. The van der Waals surface area contributed by atoms with Gasteiger partial charge >= 0.3 is 7.82 Å². The van der Waals surface area contributed by atoms with Crippen molar-refractivity contribution in [3.8, 4) is 17.2 Å². The van der Waals surface area contributed by atoms with Crippen LogP contribution in [0.15, 0.2) is 84.9 Å². The number of rotatable bonds is 6. The average molecular weight is 418 g/mol. The fraction of sp³-hybridized carbons (Fsp3) is 0.120. The van der Waals surface area contributed by atoms with Crippen LogP contribution in [0.4, 0.5) is 0 Å². The summed E-state index contributed by atoms with van der Waals surface area (Å²) < 4.78 is 31.1. The predicted molar refractivity (Wildman–Crippen MR) is 121 cm³/mol. The van der Waals surface area contributed by atoms with Crippen LogP contribution in [0.1, 0.15) is 16.7 Å². The summed E-state index contributed by atoms with van der Waals surface area (Å²) >= 11 is 0. The molecule has 4 rings (SSSR count). The van der Waals surface area contributed by atoms with Gasteiger partial charge < -0.3 is 13.6 Å². The Balaban J connectivity index is 1.69. The molecule has 0 spiro atoms. The van der Waals surface area contributed by atoms with Crippen molar-refractivity contribution in [2.24, 2.45) is 0 Å². The molecule has 0 radical (unpaired) electrons. The lowest BCUT2D eigenvalue weighted by Crippen LogP contribution is -2.08. The Morgan fingerprint density at radius 1 is 0.533 bits per heavy atom. The molecule has 1 atom stereocenters. The molecule has 0 saturated carbocycles. The Morgan fingerprint density at radius 3 is 1.80 bits per heavy atom. The first-order chi connectivity index (χ1) is 14.4. The number of phosphoric ester groups is 1. The van der Waals surface area contributed by atoms with Gasteiger partial charge in [-0.25, -0.2) is 0 Å². The molecule has 0 saturated heterocycles. The van der Waals surface area contributed by atoms with Crippen LogP contribution >= 0.6 is 7.82 Å². The number of phosphoric acid groups is 1. The molecule has 0 fully saturated rings. The van der Waals surface area contributed by atoms with Gasteiger partial charge in [-0.15, -0.1) is 0 Å². The summed E-state index contributed by atoms with van der Waals surface area (Å²) in [7, 11) is -4.02. The molecule has 5 heteroatoms. The van der Waals surface area contributed by atoms with E-state index in [0.717, 1.165) is 27.5 Å². The maximum absolute atomic E-state index is 13.7. The van der Waals surface area contributed by atoms with Gasteiger partial charge in [-0.3, -0.25) is 0 Å². The summed E-state index contributed by atoms with van der Waals surface area (Å²) in [5, 5.41) is 2.04. The molecular formula is C25H23O4P. The highest BCUT2D eigenvalue weighted by molar-refractivity contribution is 7.49. The molecule has 4 aromatic rings. The molecule has 4 nitrogen and oxygen atoms in total. The largest absolute Gasteiger partial charge is 0.647 e. The zero-order valence-electron chi connectivity index (χ0n) is 17.2. The number of aryl methyl sites for hydroxylation is 3. The minimum Gasteiger partial charge on any atom is -0.386 e. The van der Waals surface area contributed by atoms with E-state index in [2.05, 4.69) is 0 Å². The monoisotopic (exact) mass is 418 g/mol. The molecule has 0 aliphatic heterocycles. The maximum atomic E-state index is 13.7. The Labute approximate surface area is 176 Å². The van der Waals surface area contributed by atoms with Crippen LogP contribution in [-0.2, 0) is 4.57 Å². The van der Waals surface area contributed by atoms with Crippen molar-refractivity contribution < 1.29 is 18.1 Å². The number of hydrogen-bond donors (Lipinski definition) is 0. The van der Waals surface area contributed by atoms with Crippen molar-refractivity contribution >= 4 is 18.6 Å². The standard InChI is InChI=1S/C25H23O4P/c1-18-8-11-23(12-9-18)27-30(26,29-25-15-19(2)14-20(3)16-25)28-24-13-10-21-6-4-5-7-22(21)17-24/h4-17H,1-3H3. The van der Waals surface area contributed by atoms with Crippen LogP contribution in [0, 0.1) is 20.8 Å². The van der Waals surface area contributed by atoms with E-state index in [0.29, 0.717) is 17.2 Å². The van der Waals surface area contributed by atoms with E-state index in [1.165, 1.54) is 0 Å². The lowest BCUT2D eigenvalue weighted by Gasteiger charge is -2.20. The maximum Gasteiger partial charge on any atom is 0.647 e. The topological polar surface area (TPSA) is 44.8 Å². The number of benzene rings is 4. The number of fused-ring (bicyclic) bond motifs is 1. The third-order valence-corrected chi connectivity index (χ3v) is 5.89. The zero-order valence-corrected chi connectivity index (χ0v) is 18.1. The second-order valence-electron chi connectivity index (χ2n) is 7.37.